The van der Waals surface area contributed by atoms with Crippen molar-refractivity contribution in [1.29, 1.82) is 0 Å². The molecular weight excluding hydrogens is 529 g/mol. The zero-order valence-electron chi connectivity index (χ0n) is 21.6. The molecule has 0 bridgehead atoms. The highest BCUT2D eigenvalue weighted by molar-refractivity contribution is 6.30. The summed E-state index contributed by atoms with van der Waals surface area (Å²) in [5, 5.41) is 21.6. The van der Waals surface area contributed by atoms with Crippen LogP contribution >= 0.6 is 11.6 Å². The van der Waals surface area contributed by atoms with E-state index in [4.69, 9.17) is 26.9 Å². The Balaban J connectivity index is 1.84. The number of nitrogens with zero attached hydrogens (tertiary/aromatic N) is 1. The van der Waals surface area contributed by atoms with Gasteiger partial charge in [0.1, 0.15) is 24.2 Å². The third kappa shape index (κ3) is 8.19. The highest BCUT2D eigenvalue weighted by Crippen LogP contribution is 2.28. The number of aromatic nitrogens is 1. The number of benzene rings is 2. The number of carboxylic acid groups (broad SMARTS) is 1. The maximum absolute atomic E-state index is 14.3. The lowest BCUT2D eigenvalue weighted by Gasteiger charge is -2.22. The maximum atomic E-state index is 14.3. The van der Waals surface area contributed by atoms with Crippen molar-refractivity contribution in [3.8, 4) is 11.1 Å². The van der Waals surface area contributed by atoms with Crippen molar-refractivity contribution >= 4 is 29.3 Å². The number of oxazole rings is 1. The molecule has 1 aromatic heterocycles. The molecule has 0 aliphatic carbocycles. The second-order valence-corrected chi connectivity index (χ2v) is 10.1. The zero-order valence-corrected chi connectivity index (χ0v) is 22.3. The molecule has 0 fully saturated rings. The lowest BCUT2D eigenvalue weighted by Crippen LogP contribution is -2.50. The van der Waals surface area contributed by atoms with Crippen molar-refractivity contribution in [3.63, 3.8) is 0 Å². The fourth-order valence-corrected chi connectivity index (χ4v) is 4.23. The fourth-order valence-electron chi connectivity index (χ4n) is 4.06. The molecule has 9 nitrogen and oxygen atoms in total. The number of carboxylic acids is 1. The van der Waals surface area contributed by atoms with Gasteiger partial charge in [-0.2, -0.15) is 0 Å². The monoisotopic (exact) mass is 559 g/mol. The van der Waals surface area contributed by atoms with E-state index in [1.165, 1.54) is 24.5 Å². The molecule has 5 N–H and O–H groups in total. The SMILES string of the molecule is CC(C)c1coc(C(=O)C[C@H](Cc2ccc(-c3cc(Cl)ccc3F)cc2)C[C@@H](NC(=O)[C@@H](N)CO)C(=O)O)n1. The standard InChI is InChI=1S/C28H31ClFN3O6/c1-15(2)24-14-39-27(33-24)25(35)11-17(10-23(28(37)38)32-26(36)22(31)13-34)9-16-3-5-18(6-4-16)20-12-19(29)7-8-21(20)30/h3-8,12,14-15,17,22-23,34H,9-11,13,31H2,1-2H3,(H,32,36)(H,37,38)/t17-,22+,23-/m1/s1. The number of aliphatic hydroxyl groups excluding tert-OH is 1. The van der Waals surface area contributed by atoms with Gasteiger partial charge in [0.2, 0.25) is 11.7 Å². The van der Waals surface area contributed by atoms with Crippen LogP contribution in [-0.4, -0.2) is 51.5 Å². The summed E-state index contributed by atoms with van der Waals surface area (Å²) in [6.45, 7) is 3.16. The molecular formula is C28H31ClFN3O6. The number of carbonyl (C=O) groups excluding carboxylic acids is 2. The van der Waals surface area contributed by atoms with Crippen LogP contribution in [0.1, 0.15) is 54.5 Å². The first-order valence-electron chi connectivity index (χ1n) is 12.4. The van der Waals surface area contributed by atoms with E-state index < -0.39 is 48.1 Å². The molecule has 3 atom stereocenters. The van der Waals surface area contributed by atoms with Crippen molar-refractivity contribution in [1.82, 2.24) is 10.3 Å². The highest BCUT2D eigenvalue weighted by Gasteiger charge is 2.29. The summed E-state index contributed by atoms with van der Waals surface area (Å²) in [7, 11) is 0. The third-order valence-corrected chi connectivity index (χ3v) is 6.50. The minimum absolute atomic E-state index is 0.0521. The number of aliphatic carboxylic acids is 1. The lowest BCUT2D eigenvalue weighted by atomic mass is 9.87. The molecule has 0 unspecified atom stereocenters. The second kappa shape index (κ2) is 13.5. The molecule has 2 aromatic carbocycles. The van der Waals surface area contributed by atoms with Gasteiger partial charge in [0, 0.05) is 17.0 Å². The topological polar surface area (TPSA) is 156 Å². The minimum Gasteiger partial charge on any atom is -0.480 e. The number of amides is 1. The van der Waals surface area contributed by atoms with Gasteiger partial charge in [-0.15, -0.1) is 0 Å². The van der Waals surface area contributed by atoms with E-state index in [-0.39, 0.29) is 31.1 Å². The molecule has 208 valence electrons. The molecule has 1 amide bonds. The average molecular weight is 560 g/mol. The van der Waals surface area contributed by atoms with Crippen molar-refractivity contribution in [2.45, 2.75) is 51.1 Å². The Labute approximate surface area is 230 Å². The third-order valence-electron chi connectivity index (χ3n) is 6.26. The predicted octanol–water partition coefficient (Wildman–Crippen LogP) is 3.97. The Morgan fingerprint density at radius 2 is 1.85 bits per heavy atom. The van der Waals surface area contributed by atoms with Gasteiger partial charge in [0.15, 0.2) is 0 Å². The van der Waals surface area contributed by atoms with Gasteiger partial charge in [-0.25, -0.2) is 14.2 Å². The Morgan fingerprint density at radius 1 is 1.15 bits per heavy atom. The Bertz CT molecular complexity index is 1310. The molecule has 39 heavy (non-hydrogen) atoms. The number of halogens is 2. The first kappa shape index (κ1) is 29.9. The number of Topliss-reactive ketones (excluding diaryl/α,β-unsaturated/α-hetero) is 1. The lowest BCUT2D eigenvalue weighted by molar-refractivity contribution is -0.142. The van der Waals surface area contributed by atoms with Crippen LogP contribution in [0.15, 0.2) is 53.1 Å². The van der Waals surface area contributed by atoms with E-state index in [1.807, 2.05) is 13.8 Å². The summed E-state index contributed by atoms with van der Waals surface area (Å²) >= 11 is 6.01. The molecule has 3 aromatic rings. The van der Waals surface area contributed by atoms with Crippen molar-refractivity contribution in [2.24, 2.45) is 11.7 Å². The van der Waals surface area contributed by atoms with E-state index in [1.54, 1.807) is 24.3 Å². The molecule has 0 aliphatic heterocycles. The van der Waals surface area contributed by atoms with Crippen LogP contribution < -0.4 is 11.1 Å². The van der Waals surface area contributed by atoms with Crippen molar-refractivity contribution < 1.29 is 33.4 Å². The molecule has 1 heterocycles. The smallest absolute Gasteiger partial charge is 0.326 e. The van der Waals surface area contributed by atoms with Gasteiger partial charge >= 0.3 is 5.97 Å². The molecule has 3 rings (SSSR count). The molecule has 11 heteroatoms. The Hall–Kier alpha value is -3.60. The first-order valence-corrected chi connectivity index (χ1v) is 12.8. The first-order chi connectivity index (χ1) is 18.5. The van der Waals surface area contributed by atoms with E-state index >= 15 is 0 Å². The summed E-state index contributed by atoms with van der Waals surface area (Å²) in [5.41, 5.74) is 7.83. The highest BCUT2D eigenvalue weighted by atomic mass is 35.5. The summed E-state index contributed by atoms with van der Waals surface area (Å²) in [4.78, 5) is 41.4. The molecule has 0 saturated carbocycles. The van der Waals surface area contributed by atoms with Gasteiger partial charge in [-0.05, 0) is 54.0 Å². The van der Waals surface area contributed by atoms with Gasteiger partial charge < -0.3 is 25.7 Å². The molecule has 0 radical (unpaired) electrons. The van der Waals surface area contributed by atoms with Crippen LogP contribution in [0.3, 0.4) is 0 Å². The number of hydrogen-bond acceptors (Lipinski definition) is 7. The second-order valence-electron chi connectivity index (χ2n) is 9.67. The van der Waals surface area contributed by atoms with Crippen LogP contribution in [0.5, 0.6) is 0 Å². The van der Waals surface area contributed by atoms with E-state index in [0.717, 1.165) is 5.56 Å². The van der Waals surface area contributed by atoms with Crippen LogP contribution in [0.2, 0.25) is 5.02 Å². The van der Waals surface area contributed by atoms with E-state index in [2.05, 4.69) is 10.3 Å². The minimum atomic E-state index is -1.36. The maximum Gasteiger partial charge on any atom is 0.326 e. The quantitative estimate of drug-likeness (QED) is 0.229. The van der Waals surface area contributed by atoms with E-state index in [0.29, 0.717) is 21.8 Å². The number of nitrogens with one attached hydrogen (secondary N) is 1. The van der Waals surface area contributed by atoms with Crippen molar-refractivity contribution in [3.05, 3.63) is 76.7 Å². The van der Waals surface area contributed by atoms with E-state index in [9.17, 15) is 23.9 Å². The number of ketones is 1. The Kier molecular flexibility index (Phi) is 10.3. The summed E-state index contributed by atoms with van der Waals surface area (Å²) < 4.78 is 19.7. The number of hydrogen-bond donors (Lipinski definition) is 4. The van der Waals surface area contributed by atoms with Gasteiger partial charge in [-0.3, -0.25) is 9.59 Å². The average Bonchev–Trinajstić information content (AvgIpc) is 3.40. The summed E-state index contributed by atoms with van der Waals surface area (Å²) in [5.74, 6) is -3.54. The summed E-state index contributed by atoms with van der Waals surface area (Å²) in [6.07, 6.45) is 1.48. The molecule has 0 saturated heterocycles. The largest absolute Gasteiger partial charge is 0.480 e. The van der Waals surface area contributed by atoms with Gasteiger partial charge in [-0.1, -0.05) is 49.7 Å². The fraction of sp³-hybridized carbons (Fsp3) is 0.357. The van der Waals surface area contributed by atoms with Crippen LogP contribution in [0.4, 0.5) is 4.39 Å². The predicted molar refractivity (Wildman–Crippen MR) is 143 cm³/mol. The van der Waals surface area contributed by atoms with Crippen LogP contribution in [0, 0.1) is 11.7 Å². The summed E-state index contributed by atoms with van der Waals surface area (Å²) in [6, 6.07) is 8.55. The normalized spacial score (nSPS) is 13.6. The number of carbonyl (C=O) groups is 3. The van der Waals surface area contributed by atoms with Gasteiger partial charge in [0.25, 0.3) is 5.89 Å². The Morgan fingerprint density at radius 3 is 2.44 bits per heavy atom. The number of aliphatic hydroxyl groups is 1. The number of nitrogens with two attached hydrogens (primary N) is 1. The van der Waals surface area contributed by atoms with Crippen molar-refractivity contribution in [2.75, 3.05) is 6.61 Å². The number of rotatable bonds is 13. The molecule has 0 spiro atoms. The molecule has 0 aliphatic rings. The zero-order chi connectivity index (χ0) is 28.7. The van der Waals surface area contributed by atoms with Crippen LogP contribution in [-0.2, 0) is 16.0 Å². The van der Waals surface area contributed by atoms with Crippen LogP contribution in [0.25, 0.3) is 11.1 Å². The van der Waals surface area contributed by atoms with Gasteiger partial charge in [0.05, 0.1) is 12.3 Å².